The molecule has 0 saturated heterocycles. The van der Waals surface area contributed by atoms with Crippen molar-refractivity contribution in [3.05, 3.63) is 111 Å². The van der Waals surface area contributed by atoms with Crippen molar-refractivity contribution in [3.63, 3.8) is 0 Å². The van der Waals surface area contributed by atoms with Crippen LogP contribution in [0.15, 0.2) is 65.1 Å². The van der Waals surface area contributed by atoms with Crippen LogP contribution in [0.1, 0.15) is 86.2 Å². The number of hydrogen-bond donors (Lipinski definition) is 2. The van der Waals surface area contributed by atoms with E-state index in [1.165, 1.54) is 29.0 Å². The lowest BCUT2D eigenvalue weighted by atomic mass is 9.82. The van der Waals surface area contributed by atoms with Crippen molar-refractivity contribution in [2.45, 2.75) is 58.4 Å². The third kappa shape index (κ3) is 5.62. The molecule has 4 heterocycles. The lowest BCUT2D eigenvalue weighted by Crippen LogP contribution is -2.38. The quantitative estimate of drug-likeness (QED) is 0.190. The predicted molar refractivity (Wildman–Crippen MR) is 174 cm³/mol. The summed E-state index contributed by atoms with van der Waals surface area (Å²) < 4.78 is 19.7. The largest absolute Gasteiger partial charge is 0.421 e. The molecule has 8 nitrogen and oxygen atoms in total. The first-order valence-corrected chi connectivity index (χ1v) is 16.5. The molecule has 0 saturated carbocycles. The Morgan fingerprint density at radius 3 is 2.61 bits per heavy atom. The Balaban J connectivity index is 1.35. The van der Waals surface area contributed by atoms with Gasteiger partial charge in [-0.1, -0.05) is 50.2 Å². The highest BCUT2D eigenvalue weighted by Crippen LogP contribution is 2.45. The monoisotopic (exact) mass is 635 g/mol. The van der Waals surface area contributed by atoms with E-state index < -0.39 is 0 Å². The number of nitrogens with one attached hydrogen (secondary N) is 2. The van der Waals surface area contributed by atoms with Gasteiger partial charge in [-0.05, 0) is 72.6 Å². The Bertz CT molecular complexity index is 1950. The molecule has 0 unspecified atom stereocenters. The van der Waals surface area contributed by atoms with E-state index in [1.807, 2.05) is 24.3 Å². The van der Waals surface area contributed by atoms with Crippen molar-refractivity contribution in [3.8, 4) is 21.9 Å². The van der Waals surface area contributed by atoms with Crippen LogP contribution < -0.4 is 10.6 Å². The van der Waals surface area contributed by atoms with Gasteiger partial charge in [-0.3, -0.25) is 14.6 Å². The van der Waals surface area contributed by atoms with E-state index in [-0.39, 0.29) is 41.4 Å². The maximum atomic E-state index is 13.7. The molecule has 2 N–H and O–H groups in total. The van der Waals surface area contributed by atoms with Crippen LogP contribution in [0.2, 0.25) is 0 Å². The maximum absolute atomic E-state index is 13.7. The summed E-state index contributed by atoms with van der Waals surface area (Å²) in [5.74, 6) is 0.172. The van der Waals surface area contributed by atoms with Crippen molar-refractivity contribution in [2.24, 2.45) is 5.92 Å². The summed E-state index contributed by atoms with van der Waals surface area (Å²) in [7, 11) is 0. The predicted octanol–water partition coefficient (Wildman–Crippen LogP) is 6.99. The van der Waals surface area contributed by atoms with Gasteiger partial charge in [-0.15, -0.1) is 21.5 Å². The topological polar surface area (TPSA) is 110 Å². The molecule has 0 spiro atoms. The van der Waals surface area contributed by atoms with Gasteiger partial charge in [0.05, 0.1) is 33.4 Å². The minimum absolute atomic E-state index is 0.0142. The third-order valence-corrected chi connectivity index (χ3v) is 10.1. The van der Waals surface area contributed by atoms with E-state index in [0.717, 1.165) is 34.5 Å². The smallest absolute Gasteiger partial charge is 0.261 e. The normalized spacial score (nSPS) is 17.1. The molecule has 10 heteroatoms. The Labute approximate surface area is 270 Å². The summed E-state index contributed by atoms with van der Waals surface area (Å²) in [5.41, 5.74) is 6.51. The van der Waals surface area contributed by atoms with Gasteiger partial charge in [0, 0.05) is 29.8 Å². The van der Waals surface area contributed by atoms with Gasteiger partial charge in [0.25, 0.3) is 11.8 Å². The fourth-order valence-corrected chi connectivity index (χ4v) is 7.56. The summed E-state index contributed by atoms with van der Waals surface area (Å²) in [6, 6.07) is 18.3. The van der Waals surface area contributed by atoms with Crippen molar-refractivity contribution < 1.29 is 18.4 Å². The molecular weight excluding hydrogens is 601 g/mol. The van der Waals surface area contributed by atoms with E-state index >= 15 is 0 Å². The Hall–Kier alpha value is -4.70. The second-order valence-electron chi connectivity index (χ2n) is 12.3. The zero-order valence-corrected chi connectivity index (χ0v) is 26.7. The molecule has 0 fully saturated rings. The Morgan fingerprint density at radius 1 is 1.04 bits per heavy atom. The minimum atomic E-state index is -0.291. The lowest BCUT2D eigenvalue weighted by molar-refractivity contribution is 0.0929. The fraction of sp³-hybridized carbons (Fsp3) is 0.306. The van der Waals surface area contributed by atoms with Gasteiger partial charge < -0.3 is 15.1 Å². The van der Waals surface area contributed by atoms with Gasteiger partial charge in [0.1, 0.15) is 5.82 Å². The average molecular weight is 636 g/mol. The summed E-state index contributed by atoms with van der Waals surface area (Å²) in [6.45, 7) is 6.44. The fourth-order valence-electron chi connectivity index (χ4n) is 6.59. The van der Waals surface area contributed by atoms with E-state index in [1.54, 1.807) is 19.1 Å². The van der Waals surface area contributed by atoms with Crippen molar-refractivity contribution in [1.29, 1.82) is 0 Å². The highest BCUT2D eigenvalue weighted by atomic mass is 32.1. The highest BCUT2D eigenvalue weighted by Gasteiger charge is 2.36. The van der Waals surface area contributed by atoms with Crippen LogP contribution >= 0.6 is 11.3 Å². The Morgan fingerprint density at radius 2 is 1.85 bits per heavy atom. The van der Waals surface area contributed by atoms with E-state index in [4.69, 9.17) is 9.40 Å². The molecule has 5 aromatic rings. The zero-order chi connectivity index (χ0) is 31.9. The number of benzene rings is 2. The summed E-state index contributed by atoms with van der Waals surface area (Å²) >= 11 is 1.33. The molecule has 1 aliphatic carbocycles. The first-order chi connectivity index (χ1) is 22.3. The zero-order valence-electron chi connectivity index (χ0n) is 25.9. The molecule has 0 bridgehead atoms. The van der Waals surface area contributed by atoms with E-state index in [2.05, 4.69) is 46.8 Å². The summed E-state index contributed by atoms with van der Waals surface area (Å²) in [4.78, 5) is 33.8. The number of nitrogens with zero attached hydrogens (tertiary/aromatic N) is 3. The standard InChI is InChI=1S/C36H34FN5O3S/c1-19(2)25-18-38-35(44)32-31(28-16-17-29(46-28)34(43)40-26-15-11-22-6-4-5-7-24(22)26)30(36-42-41-20(3)45-36)27(39-33(25)32)14-10-21-8-12-23(37)13-9-21/h4-9,12-13,16-17,19,25-26H,10-11,14-15,18H2,1-3H3,(H,38,44)(H,40,43)/t25-,26-/m1/s1. The molecule has 2 aromatic carbocycles. The van der Waals surface area contributed by atoms with Gasteiger partial charge in [-0.25, -0.2) is 4.39 Å². The van der Waals surface area contributed by atoms with Crippen LogP contribution in [0.25, 0.3) is 21.9 Å². The molecule has 2 atom stereocenters. The first kappa shape index (κ1) is 30.0. The highest BCUT2D eigenvalue weighted by molar-refractivity contribution is 7.17. The van der Waals surface area contributed by atoms with Crippen LogP contribution in [-0.4, -0.2) is 33.5 Å². The molecular formula is C36H34FN5O3S. The molecule has 3 aromatic heterocycles. The number of hydrogen-bond acceptors (Lipinski definition) is 7. The number of carbonyl (C=O) groups is 2. The number of aryl methyl sites for hydroxylation is 4. The molecule has 2 amide bonds. The average Bonchev–Trinajstić information content (AvgIpc) is 3.81. The lowest BCUT2D eigenvalue weighted by Gasteiger charge is -2.30. The molecule has 2 aliphatic rings. The number of thiophene rings is 1. The van der Waals surface area contributed by atoms with Crippen LogP contribution in [0.5, 0.6) is 0 Å². The molecule has 7 rings (SSSR count). The van der Waals surface area contributed by atoms with Crippen molar-refractivity contribution >= 4 is 23.2 Å². The SMILES string of the molecule is Cc1nnc(-c2c(CCc3ccc(F)cc3)nc3c(c2-c2ccc(C(=O)N[C@@H]4CCc5ccccc54)s2)C(=O)NC[C@@H]3C(C)C)o1. The molecule has 234 valence electrons. The van der Waals surface area contributed by atoms with Crippen molar-refractivity contribution in [2.75, 3.05) is 6.54 Å². The van der Waals surface area contributed by atoms with Crippen molar-refractivity contribution in [1.82, 2.24) is 25.8 Å². The van der Waals surface area contributed by atoms with Gasteiger partial charge >= 0.3 is 0 Å². The Kier molecular flexibility index (Phi) is 7.98. The number of rotatable bonds is 8. The molecule has 46 heavy (non-hydrogen) atoms. The van der Waals surface area contributed by atoms with E-state index in [0.29, 0.717) is 52.5 Å². The maximum Gasteiger partial charge on any atom is 0.261 e. The van der Waals surface area contributed by atoms with E-state index in [9.17, 15) is 14.0 Å². The number of carbonyl (C=O) groups excluding carboxylic acids is 2. The number of pyridine rings is 1. The summed E-state index contributed by atoms with van der Waals surface area (Å²) in [6.07, 6.45) is 2.87. The van der Waals surface area contributed by atoms with Crippen LogP contribution in [0.3, 0.4) is 0 Å². The third-order valence-electron chi connectivity index (χ3n) is 8.98. The second kappa shape index (κ2) is 12.2. The second-order valence-corrected chi connectivity index (χ2v) is 13.4. The summed E-state index contributed by atoms with van der Waals surface area (Å²) in [5, 5.41) is 14.8. The number of aromatic nitrogens is 3. The minimum Gasteiger partial charge on any atom is -0.421 e. The first-order valence-electron chi connectivity index (χ1n) is 15.7. The van der Waals surface area contributed by atoms with Crippen LogP contribution in [0.4, 0.5) is 4.39 Å². The number of halogens is 1. The molecule has 1 aliphatic heterocycles. The number of fused-ring (bicyclic) bond motifs is 2. The van der Waals surface area contributed by atoms with Gasteiger partial charge in [0.2, 0.25) is 11.8 Å². The van der Waals surface area contributed by atoms with Gasteiger partial charge in [0.15, 0.2) is 0 Å². The van der Waals surface area contributed by atoms with Gasteiger partial charge in [-0.2, -0.15) is 0 Å². The molecule has 0 radical (unpaired) electrons. The number of amides is 2. The van der Waals surface area contributed by atoms with Crippen LogP contribution in [0, 0.1) is 18.7 Å². The van der Waals surface area contributed by atoms with Crippen LogP contribution in [-0.2, 0) is 19.3 Å².